The molecule has 0 radical (unpaired) electrons. The van der Waals surface area contributed by atoms with E-state index in [0.717, 1.165) is 30.4 Å². The monoisotopic (exact) mass is 350 g/mol. The molecule has 2 N–H and O–H groups in total. The molecule has 1 aliphatic rings. The zero-order valence-electron chi connectivity index (χ0n) is 14.1. The summed E-state index contributed by atoms with van der Waals surface area (Å²) >= 11 is 0. The fourth-order valence-electron chi connectivity index (χ4n) is 2.59. The number of aryl methyl sites for hydroxylation is 1. The van der Waals surface area contributed by atoms with Crippen molar-refractivity contribution >= 4 is 17.9 Å². The van der Waals surface area contributed by atoms with E-state index >= 15 is 0 Å². The molecule has 1 fully saturated rings. The Morgan fingerprint density at radius 2 is 2.00 bits per heavy atom. The second kappa shape index (κ2) is 8.95. The quantitative estimate of drug-likeness (QED) is 0.724. The second-order valence-electron chi connectivity index (χ2n) is 5.86. The number of aromatic nitrogens is 2. The highest BCUT2D eigenvalue weighted by Gasteiger charge is 2.19. The van der Waals surface area contributed by atoms with Crippen molar-refractivity contribution < 1.29 is 19.1 Å². The number of hydrogen-bond donors (Lipinski definition) is 2. The molecule has 9 heteroatoms. The topological polar surface area (TPSA) is 119 Å². The summed E-state index contributed by atoms with van der Waals surface area (Å²) in [5.41, 5.74) is -0.393. The van der Waals surface area contributed by atoms with Gasteiger partial charge in [-0.2, -0.15) is 5.10 Å². The Hall–Kier alpha value is -2.71. The lowest BCUT2D eigenvalue weighted by Gasteiger charge is -2.12. The first-order chi connectivity index (χ1) is 12.0. The van der Waals surface area contributed by atoms with Crippen LogP contribution in [0.5, 0.6) is 0 Å². The summed E-state index contributed by atoms with van der Waals surface area (Å²) in [6.45, 7) is 1.65. The van der Waals surface area contributed by atoms with Crippen molar-refractivity contribution in [3.63, 3.8) is 0 Å². The number of imide groups is 1. The van der Waals surface area contributed by atoms with Gasteiger partial charge in [0.05, 0.1) is 0 Å². The van der Waals surface area contributed by atoms with Crippen LogP contribution >= 0.6 is 0 Å². The lowest BCUT2D eigenvalue weighted by atomic mass is 10.2. The normalized spacial score (nSPS) is 14.1. The summed E-state index contributed by atoms with van der Waals surface area (Å²) in [5, 5.41) is 8.70. The van der Waals surface area contributed by atoms with E-state index in [1.165, 1.54) is 12.1 Å². The van der Waals surface area contributed by atoms with E-state index in [1.54, 1.807) is 0 Å². The molecule has 0 spiro atoms. The molecule has 1 saturated carbocycles. The predicted molar refractivity (Wildman–Crippen MR) is 88.0 cm³/mol. The molecule has 0 aromatic carbocycles. The molecule has 9 nitrogen and oxygen atoms in total. The summed E-state index contributed by atoms with van der Waals surface area (Å²) in [4.78, 5) is 46.8. The van der Waals surface area contributed by atoms with Gasteiger partial charge in [-0.3, -0.25) is 14.9 Å². The lowest BCUT2D eigenvalue weighted by Crippen LogP contribution is -2.45. The number of urea groups is 1. The molecule has 1 aromatic heterocycles. The second-order valence-corrected chi connectivity index (χ2v) is 5.86. The van der Waals surface area contributed by atoms with Crippen LogP contribution in [0.3, 0.4) is 0 Å². The summed E-state index contributed by atoms with van der Waals surface area (Å²) in [5.74, 6) is -1.57. The number of nitrogens with zero attached hydrogens (tertiary/aromatic N) is 2. The number of carbonyl (C=O) groups is 3. The van der Waals surface area contributed by atoms with Gasteiger partial charge in [0.15, 0.2) is 12.3 Å². The molecule has 1 aromatic rings. The number of esters is 1. The molecule has 0 atom stereocenters. The van der Waals surface area contributed by atoms with E-state index in [2.05, 4.69) is 15.7 Å². The van der Waals surface area contributed by atoms with E-state index in [1.807, 2.05) is 6.92 Å². The number of hydrogen-bond acceptors (Lipinski definition) is 6. The first-order valence-corrected chi connectivity index (χ1v) is 8.35. The van der Waals surface area contributed by atoms with Crippen LogP contribution in [0.15, 0.2) is 16.9 Å². The van der Waals surface area contributed by atoms with Crippen molar-refractivity contribution in [2.24, 2.45) is 0 Å². The molecule has 136 valence electrons. The first-order valence-electron chi connectivity index (χ1n) is 8.35. The van der Waals surface area contributed by atoms with Crippen LogP contribution in [-0.4, -0.2) is 40.3 Å². The standard InChI is InChI=1S/C16H22N4O5/c1-2-9-20-14(22)8-7-12(19-20)15(23)25-10-13(21)18-16(24)17-11-5-3-4-6-11/h7-8,11H,2-6,9-10H2,1H3,(H2,17,18,21,24). The first kappa shape index (κ1) is 18.6. The molecule has 1 heterocycles. The minimum absolute atomic E-state index is 0.0729. The Kier molecular flexibility index (Phi) is 6.67. The van der Waals surface area contributed by atoms with Gasteiger partial charge in [0, 0.05) is 18.7 Å². The Bertz CT molecular complexity index is 694. The number of rotatable bonds is 6. The fourth-order valence-corrected chi connectivity index (χ4v) is 2.59. The van der Waals surface area contributed by atoms with Gasteiger partial charge in [0.2, 0.25) is 0 Å². The van der Waals surface area contributed by atoms with E-state index in [9.17, 15) is 19.2 Å². The number of carbonyl (C=O) groups excluding carboxylic acids is 3. The smallest absolute Gasteiger partial charge is 0.359 e. The number of nitrogens with one attached hydrogen (secondary N) is 2. The molecule has 0 aliphatic heterocycles. The van der Waals surface area contributed by atoms with Crippen molar-refractivity contribution in [2.75, 3.05) is 6.61 Å². The lowest BCUT2D eigenvalue weighted by molar-refractivity contribution is -0.123. The predicted octanol–water partition coefficient (Wildman–Crippen LogP) is 0.578. The fraction of sp³-hybridized carbons (Fsp3) is 0.562. The van der Waals surface area contributed by atoms with Crippen molar-refractivity contribution in [2.45, 2.75) is 51.6 Å². The molecule has 1 aliphatic carbocycles. The van der Waals surface area contributed by atoms with Gasteiger partial charge in [-0.1, -0.05) is 19.8 Å². The highest BCUT2D eigenvalue weighted by molar-refractivity contribution is 5.96. The van der Waals surface area contributed by atoms with E-state index < -0.39 is 24.5 Å². The number of ether oxygens (including phenoxy) is 1. The van der Waals surface area contributed by atoms with Gasteiger partial charge in [0.1, 0.15) is 0 Å². The summed E-state index contributed by atoms with van der Waals surface area (Å²) in [6, 6.07) is 1.94. The Balaban J connectivity index is 1.80. The average Bonchev–Trinajstić information content (AvgIpc) is 3.07. The van der Waals surface area contributed by atoms with Gasteiger partial charge in [-0.05, 0) is 25.3 Å². The van der Waals surface area contributed by atoms with Crippen molar-refractivity contribution in [3.8, 4) is 0 Å². The molecule has 3 amide bonds. The van der Waals surface area contributed by atoms with Gasteiger partial charge < -0.3 is 10.1 Å². The minimum Gasteiger partial charge on any atom is -0.451 e. The minimum atomic E-state index is -0.837. The SMILES string of the molecule is CCCn1nc(C(=O)OCC(=O)NC(=O)NC2CCCC2)ccc1=O. The van der Waals surface area contributed by atoms with Crippen LogP contribution in [0.1, 0.15) is 49.5 Å². The summed E-state index contributed by atoms with van der Waals surface area (Å²) in [7, 11) is 0. The zero-order chi connectivity index (χ0) is 18.2. The highest BCUT2D eigenvalue weighted by Crippen LogP contribution is 2.17. The van der Waals surface area contributed by atoms with Crippen LogP contribution in [0, 0.1) is 0 Å². The van der Waals surface area contributed by atoms with Gasteiger partial charge >= 0.3 is 12.0 Å². The average molecular weight is 350 g/mol. The van der Waals surface area contributed by atoms with Gasteiger partial charge in [-0.25, -0.2) is 14.3 Å². The Morgan fingerprint density at radius 3 is 2.68 bits per heavy atom. The van der Waals surface area contributed by atoms with Crippen LogP contribution in [0.4, 0.5) is 4.79 Å². The highest BCUT2D eigenvalue weighted by atomic mass is 16.5. The molecular formula is C16H22N4O5. The molecule has 0 bridgehead atoms. The molecule has 2 rings (SSSR count). The van der Waals surface area contributed by atoms with Crippen LogP contribution in [0.2, 0.25) is 0 Å². The van der Waals surface area contributed by atoms with Gasteiger partial charge in [0.25, 0.3) is 11.5 Å². The third kappa shape index (κ3) is 5.70. The molecule has 0 saturated heterocycles. The van der Waals surface area contributed by atoms with Crippen LogP contribution in [0.25, 0.3) is 0 Å². The maximum atomic E-state index is 11.9. The Morgan fingerprint density at radius 1 is 1.28 bits per heavy atom. The van der Waals surface area contributed by atoms with E-state index in [0.29, 0.717) is 13.0 Å². The van der Waals surface area contributed by atoms with Crippen molar-refractivity contribution in [3.05, 3.63) is 28.2 Å². The third-order valence-corrected chi connectivity index (χ3v) is 3.79. The third-order valence-electron chi connectivity index (χ3n) is 3.79. The summed E-state index contributed by atoms with van der Waals surface area (Å²) < 4.78 is 5.98. The van der Waals surface area contributed by atoms with Crippen LogP contribution in [-0.2, 0) is 16.1 Å². The number of amides is 3. The molecule has 25 heavy (non-hydrogen) atoms. The van der Waals surface area contributed by atoms with Crippen molar-refractivity contribution in [1.82, 2.24) is 20.4 Å². The molecular weight excluding hydrogens is 328 g/mol. The van der Waals surface area contributed by atoms with Gasteiger partial charge in [-0.15, -0.1) is 0 Å². The van der Waals surface area contributed by atoms with Crippen LogP contribution < -0.4 is 16.2 Å². The maximum absolute atomic E-state index is 11.9. The summed E-state index contributed by atoms with van der Waals surface area (Å²) in [6.07, 6.45) is 4.60. The molecule has 0 unspecified atom stereocenters. The Labute approximate surface area is 144 Å². The maximum Gasteiger partial charge on any atom is 0.359 e. The van der Waals surface area contributed by atoms with E-state index in [4.69, 9.17) is 4.74 Å². The largest absolute Gasteiger partial charge is 0.451 e. The van der Waals surface area contributed by atoms with Crippen molar-refractivity contribution in [1.29, 1.82) is 0 Å². The van der Waals surface area contributed by atoms with E-state index in [-0.39, 0.29) is 17.3 Å². The zero-order valence-corrected chi connectivity index (χ0v) is 14.1.